The van der Waals surface area contributed by atoms with Crippen LogP contribution in [0.25, 0.3) is 11.4 Å². The molecule has 6 nitrogen and oxygen atoms in total. The summed E-state index contributed by atoms with van der Waals surface area (Å²) in [5, 5.41) is 0. The summed E-state index contributed by atoms with van der Waals surface area (Å²) < 4.78 is 6.01. The van der Waals surface area contributed by atoms with E-state index in [0.29, 0.717) is 13.0 Å². The lowest BCUT2D eigenvalue weighted by Crippen LogP contribution is -2.47. The number of anilines is 1. The highest BCUT2D eigenvalue weighted by Crippen LogP contribution is 2.31. The summed E-state index contributed by atoms with van der Waals surface area (Å²) in [6, 6.07) is 10.2. The molecule has 2 unspecified atom stereocenters. The number of morpholine rings is 1. The molecular formula is C33H50N4O2. The molecule has 0 bridgehead atoms. The molecular weight excluding hydrogens is 484 g/mol. The number of nitrogens with zero attached hydrogens (tertiary/aromatic N) is 4. The molecule has 0 aliphatic carbocycles. The first kappa shape index (κ1) is 29.5. The van der Waals surface area contributed by atoms with Crippen molar-refractivity contribution in [2.24, 2.45) is 0 Å². The van der Waals surface area contributed by atoms with Crippen LogP contribution in [0.2, 0.25) is 0 Å². The van der Waals surface area contributed by atoms with Crippen LogP contribution in [0.3, 0.4) is 0 Å². The summed E-state index contributed by atoms with van der Waals surface area (Å²) in [6.45, 7) is 9.47. The van der Waals surface area contributed by atoms with Crippen LogP contribution in [0.5, 0.6) is 0 Å². The van der Waals surface area contributed by atoms with Gasteiger partial charge in [0.1, 0.15) is 5.82 Å². The third kappa shape index (κ3) is 8.76. The second-order valence-corrected chi connectivity index (χ2v) is 11.7. The molecule has 1 fully saturated rings. The largest absolute Gasteiger partial charge is 0.372 e. The molecule has 2 aliphatic heterocycles. The van der Waals surface area contributed by atoms with Crippen LogP contribution in [0.15, 0.2) is 30.3 Å². The molecule has 1 aromatic heterocycles. The van der Waals surface area contributed by atoms with E-state index in [1.165, 1.54) is 57.8 Å². The van der Waals surface area contributed by atoms with Gasteiger partial charge in [0, 0.05) is 43.6 Å². The lowest BCUT2D eigenvalue weighted by atomic mass is 10.0. The number of benzene rings is 1. The number of aromatic nitrogens is 2. The minimum atomic E-state index is 0.141. The average Bonchev–Trinajstić information content (AvgIpc) is 2.95. The van der Waals surface area contributed by atoms with Gasteiger partial charge < -0.3 is 14.5 Å². The van der Waals surface area contributed by atoms with Crippen molar-refractivity contribution < 1.29 is 9.53 Å². The molecule has 1 saturated heterocycles. The number of unbranched alkanes of at least 4 members (excludes halogenated alkanes) is 10. The minimum Gasteiger partial charge on any atom is -0.372 e. The number of carbonyl (C=O) groups is 1. The first-order valence-electron chi connectivity index (χ1n) is 15.7. The zero-order valence-corrected chi connectivity index (χ0v) is 24.7. The van der Waals surface area contributed by atoms with E-state index in [-0.39, 0.29) is 18.1 Å². The van der Waals surface area contributed by atoms with Crippen LogP contribution in [0.4, 0.5) is 5.82 Å². The van der Waals surface area contributed by atoms with Crippen molar-refractivity contribution in [2.75, 3.05) is 24.5 Å². The van der Waals surface area contributed by atoms with Gasteiger partial charge in [0.05, 0.1) is 24.4 Å². The van der Waals surface area contributed by atoms with Crippen LogP contribution in [-0.4, -0.2) is 52.6 Å². The number of amides is 1. The number of fused-ring (bicyclic) bond motifs is 1. The molecule has 0 radical (unpaired) electrons. The van der Waals surface area contributed by atoms with Crippen molar-refractivity contribution in [1.29, 1.82) is 0 Å². The van der Waals surface area contributed by atoms with Gasteiger partial charge >= 0.3 is 0 Å². The Bertz CT molecular complexity index is 1020. The number of hydrogen-bond acceptors (Lipinski definition) is 5. The highest BCUT2D eigenvalue weighted by atomic mass is 16.5. The summed E-state index contributed by atoms with van der Waals surface area (Å²) in [5.74, 6) is 2.03. The molecule has 2 aliphatic rings. The Morgan fingerprint density at radius 1 is 0.872 bits per heavy atom. The van der Waals surface area contributed by atoms with Gasteiger partial charge in [0.15, 0.2) is 5.82 Å². The molecule has 2 atom stereocenters. The quantitative estimate of drug-likeness (QED) is 0.237. The molecule has 3 heterocycles. The molecule has 0 N–H and O–H groups in total. The molecule has 0 spiro atoms. The molecule has 6 heteroatoms. The maximum atomic E-state index is 13.2. The average molecular weight is 535 g/mol. The Morgan fingerprint density at radius 3 is 2.13 bits per heavy atom. The number of hydrogen-bond donors (Lipinski definition) is 0. The predicted molar refractivity (Wildman–Crippen MR) is 160 cm³/mol. The van der Waals surface area contributed by atoms with E-state index in [1.54, 1.807) is 0 Å². The lowest BCUT2D eigenvalue weighted by molar-refractivity contribution is -0.132. The van der Waals surface area contributed by atoms with E-state index >= 15 is 0 Å². The smallest absolute Gasteiger partial charge is 0.222 e. The highest BCUT2D eigenvalue weighted by Gasteiger charge is 2.31. The Labute approximate surface area is 236 Å². The topological polar surface area (TPSA) is 58.6 Å². The van der Waals surface area contributed by atoms with E-state index < -0.39 is 0 Å². The van der Waals surface area contributed by atoms with E-state index in [0.717, 1.165) is 67.4 Å². The maximum absolute atomic E-state index is 13.2. The third-order valence-electron chi connectivity index (χ3n) is 8.14. The summed E-state index contributed by atoms with van der Waals surface area (Å²) in [5.41, 5.74) is 3.24. The summed E-state index contributed by atoms with van der Waals surface area (Å²) in [7, 11) is 0. The van der Waals surface area contributed by atoms with Crippen molar-refractivity contribution in [2.45, 2.75) is 123 Å². The maximum Gasteiger partial charge on any atom is 0.222 e. The molecule has 1 aromatic carbocycles. The van der Waals surface area contributed by atoms with E-state index in [9.17, 15) is 4.79 Å². The summed E-state index contributed by atoms with van der Waals surface area (Å²) >= 11 is 0. The van der Waals surface area contributed by atoms with Gasteiger partial charge in [0.2, 0.25) is 5.91 Å². The van der Waals surface area contributed by atoms with Crippen molar-refractivity contribution in [3.63, 3.8) is 0 Å². The molecule has 2 aromatic rings. The third-order valence-corrected chi connectivity index (χ3v) is 8.14. The van der Waals surface area contributed by atoms with Crippen LogP contribution in [-0.2, 0) is 22.5 Å². The molecule has 39 heavy (non-hydrogen) atoms. The zero-order chi connectivity index (χ0) is 27.5. The standard InChI is InChI=1S/C33H50N4O2/c1-4-5-6-7-8-9-10-11-12-13-17-20-31(38)36-22-21-30-29(25-36)33(37-23-26(2)39-27(3)24-37)35-32(34-30)28-18-15-14-16-19-28/h14-16,18-19,26-27H,4-13,17,20-25H2,1-3H3. The number of rotatable bonds is 14. The Kier molecular flexibility index (Phi) is 11.6. The van der Waals surface area contributed by atoms with E-state index in [1.807, 2.05) is 23.1 Å². The van der Waals surface area contributed by atoms with Gasteiger partial charge in [-0.15, -0.1) is 0 Å². The monoisotopic (exact) mass is 534 g/mol. The molecule has 214 valence electrons. The zero-order valence-electron chi connectivity index (χ0n) is 24.7. The fraction of sp³-hybridized carbons (Fsp3) is 0.667. The van der Waals surface area contributed by atoms with Gasteiger partial charge in [-0.25, -0.2) is 9.97 Å². The second kappa shape index (κ2) is 15.4. The van der Waals surface area contributed by atoms with Crippen molar-refractivity contribution in [1.82, 2.24) is 14.9 Å². The second-order valence-electron chi connectivity index (χ2n) is 11.7. The van der Waals surface area contributed by atoms with Crippen molar-refractivity contribution in [3.8, 4) is 11.4 Å². The Morgan fingerprint density at radius 2 is 1.49 bits per heavy atom. The predicted octanol–water partition coefficient (Wildman–Crippen LogP) is 7.34. The summed E-state index contributed by atoms with van der Waals surface area (Å²) in [4.78, 5) is 27.7. The van der Waals surface area contributed by atoms with Gasteiger partial charge in [-0.05, 0) is 20.3 Å². The number of ether oxygens (including phenoxy) is 1. The SMILES string of the molecule is CCCCCCCCCCCCCC(=O)N1CCc2nc(-c3ccccc3)nc(N3CC(C)OC(C)C3)c2C1. The van der Waals surface area contributed by atoms with E-state index in [2.05, 4.69) is 37.8 Å². The van der Waals surface area contributed by atoms with Gasteiger partial charge in [-0.2, -0.15) is 0 Å². The van der Waals surface area contributed by atoms with Crippen LogP contribution in [0, 0.1) is 0 Å². The van der Waals surface area contributed by atoms with Crippen LogP contribution < -0.4 is 4.90 Å². The number of carbonyl (C=O) groups excluding carboxylic acids is 1. The first-order chi connectivity index (χ1) is 19.0. The lowest BCUT2D eigenvalue weighted by Gasteiger charge is -2.39. The Hall–Kier alpha value is -2.47. The van der Waals surface area contributed by atoms with E-state index in [4.69, 9.17) is 14.7 Å². The fourth-order valence-corrected chi connectivity index (χ4v) is 6.04. The van der Waals surface area contributed by atoms with Crippen LogP contribution in [0.1, 0.15) is 109 Å². The van der Waals surface area contributed by atoms with Gasteiger partial charge in [0.25, 0.3) is 0 Å². The molecule has 0 saturated carbocycles. The van der Waals surface area contributed by atoms with Gasteiger partial charge in [-0.1, -0.05) is 101 Å². The fourth-order valence-electron chi connectivity index (χ4n) is 6.04. The molecule has 1 amide bonds. The highest BCUT2D eigenvalue weighted by molar-refractivity contribution is 5.77. The molecule has 4 rings (SSSR count). The normalized spacial score (nSPS) is 19.3. The Balaban J connectivity index is 1.33. The first-order valence-corrected chi connectivity index (χ1v) is 15.7. The van der Waals surface area contributed by atoms with Crippen molar-refractivity contribution in [3.05, 3.63) is 41.6 Å². The van der Waals surface area contributed by atoms with Gasteiger partial charge in [-0.3, -0.25) is 4.79 Å². The minimum absolute atomic E-state index is 0.141. The van der Waals surface area contributed by atoms with Crippen LogP contribution >= 0.6 is 0 Å². The van der Waals surface area contributed by atoms with Crippen molar-refractivity contribution >= 4 is 11.7 Å². The summed E-state index contributed by atoms with van der Waals surface area (Å²) in [6.07, 6.45) is 16.0.